The van der Waals surface area contributed by atoms with Gasteiger partial charge in [0.2, 0.25) is 0 Å². The average molecular weight is 265 g/mol. The minimum atomic E-state index is 0.670. The van der Waals surface area contributed by atoms with Gasteiger partial charge in [0.05, 0.1) is 6.04 Å². The summed E-state index contributed by atoms with van der Waals surface area (Å²) in [6.07, 6.45) is 1.16. The van der Waals surface area contributed by atoms with Gasteiger partial charge in [0.15, 0.2) is 0 Å². The van der Waals surface area contributed by atoms with Crippen molar-refractivity contribution >= 4 is 26.3 Å². The molecule has 4 heteroatoms. The monoisotopic (exact) mass is 265 g/mol. The number of nitrogens with one attached hydrogen (secondary N) is 1. The molecule has 0 radical (unpaired) electrons. The molecule has 1 atom stereocenters. The van der Waals surface area contributed by atoms with E-state index in [4.69, 9.17) is 0 Å². The molecule has 2 rings (SSSR count). The second-order valence-corrected chi connectivity index (χ2v) is 4.48. The van der Waals surface area contributed by atoms with E-state index in [1.54, 1.807) is 0 Å². The van der Waals surface area contributed by atoms with E-state index in [1.165, 1.54) is 16.8 Å². The van der Waals surface area contributed by atoms with E-state index < -0.39 is 0 Å². The smallest absolute Gasteiger partial charge is 0.101 e. The number of hydrogen-bond donors (Lipinski definition) is 1. The zero-order valence-electron chi connectivity index (χ0n) is 6.55. The number of hydrazone groups is 1. The largest absolute Gasteiger partial charge is 0.316 e. The van der Waals surface area contributed by atoms with Gasteiger partial charge < -0.3 is 5.32 Å². The first-order valence-electron chi connectivity index (χ1n) is 3.94. The molecule has 0 aliphatic carbocycles. The van der Waals surface area contributed by atoms with Gasteiger partial charge in [-0.15, -0.1) is 0 Å². The standard InChI is InChI=1S/C7H12IN3/c1-11-6(2-7(8)10-11)5-3-9-4-5/h5-6,9H,2-4H2,1H3. The molecule has 1 unspecified atom stereocenters. The van der Waals surface area contributed by atoms with Crippen LogP contribution in [0.5, 0.6) is 0 Å². The van der Waals surface area contributed by atoms with Gasteiger partial charge in [-0.3, -0.25) is 5.01 Å². The molecule has 3 nitrogen and oxygen atoms in total. The van der Waals surface area contributed by atoms with Crippen LogP contribution in [0.1, 0.15) is 6.42 Å². The molecule has 1 saturated heterocycles. The van der Waals surface area contributed by atoms with Crippen LogP contribution in [0.3, 0.4) is 0 Å². The summed E-state index contributed by atoms with van der Waals surface area (Å²) in [5.41, 5.74) is 0. The number of rotatable bonds is 1. The third kappa shape index (κ3) is 1.38. The van der Waals surface area contributed by atoms with Crippen LogP contribution in [-0.2, 0) is 0 Å². The number of halogens is 1. The predicted octanol–water partition coefficient (Wildman–Crippen LogP) is 0.658. The summed E-state index contributed by atoms with van der Waals surface area (Å²) in [5.74, 6) is 0.830. The van der Waals surface area contributed by atoms with Crippen LogP contribution in [-0.4, -0.2) is 34.9 Å². The summed E-state index contributed by atoms with van der Waals surface area (Å²) in [6.45, 7) is 2.35. The van der Waals surface area contributed by atoms with Gasteiger partial charge in [-0.2, -0.15) is 5.10 Å². The van der Waals surface area contributed by atoms with Gasteiger partial charge >= 0.3 is 0 Å². The summed E-state index contributed by atoms with van der Waals surface area (Å²) in [6, 6.07) is 0.670. The maximum Gasteiger partial charge on any atom is 0.101 e. The second-order valence-electron chi connectivity index (χ2n) is 3.24. The fourth-order valence-electron chi connectivity index (χ4n) is 1.65. The Hall–Kier alpha value is 0.160. The normalized spacial score (nSPS) is 32.0. The number of nitrogens with zero attached hydrogens (tertiary/aromatic N) is 2. The quantitative estimate of drug-likeness (QED) is 0.705. The lowest BCUT2D eigenvalue weighted by Gasteiger charge is -2.35. The van der Waals surface area contributed by atoms with E-state index in [2.05, 4.69) is 45.1 Å². The van der Waals surface area contributed by atoms with E-state index in [-0.39, 0.29) is 0 Å². The third-order valence-electron chi connectivity index (χ3n) is 2.48. The van der Waals surface area contributed by atoms with Gasteiger partial charge in [-0.1, -0.05) is 0 Å². The summed E-state index contributed by atoms with van der Waals surface area (Å²) >= 11 is 2.32. The second kappa shape index (κ2) is 2.90. The molecule has 1 N–H and O–H groups in total. The predicted molar refractivity (Wildman–Crippen MR) is 54.0 cm³/mol. The Balaban J connectivity index is 1.96. The van der Waals surface area contributed by atoms with Crippen LogP contribution in [0.25, 0.3) is 0 Å². The van der Waals surface area contributed by atoms with Gasteiger partial charge in [-0.25, -0.2) is 0 Å². The van der Waals surface area contributed by atoms with Crippen molar-refractivity contribution in [3.63, 3.8) is 0 Å². The molecule has 0 saturated carbocycles. The van der Waals surface area contributed by atoms with Crippen molar-refractivity contribution in [1.82, 2.24) is 10.3 Å². The first kappa shape index (κ1) is 7.79. The first-order valence-corrected chi connectivity index (χ1v) is 5.02. The van der Waals surface area contributed by atoms with E-state index in [0.717, 1.165) is 12.3 Å². The molecule has 11 heavy (non-hydrogen) atoms. The number of hydrogen-bond acceptors (Lipinski definition) is 3. The van der Waals surface area contributed by atoms with E-state index in [0.29, 0.717) is 6.04 Å². The van der Waals surface area contributed by atoms with E-state index in [9.17, 15) is 0 Å². The van der Waals surface area contributed by atoms with Crippen LogP contribution >= 0.6 is 22.6 Å². The van der Waals surface area contributed by atoms with Crippen molar-refractivity contribution in [1.29, 1.82) is 0 Å². The van der Waals surface area contributed by atoms with Crippen molar-refractivity contribution < 1.29 is 0 Å². The van der Waals surface area contributed by atoms with Crippen LogP contribution in [0.15, 0.2) is 5.10 Å². The van der Waals surface area contributed by atoms with Crippen molar-refractivity contribution in [2.45, 2.75) is 12.5 Å². The minimum absolute atomic E-state index is 0.670. The van der Waals surface area contributed by atoms with Crippen LogP contribution in [0, 0.1) is 5.92 Å². The summed E-state index contributed by atoms with van der Waals surface area (Å²) in [5, 5.41) is 9.79. The lowest BCUT2D eigenvalue weighted by atomic mass is 9.92. The van der Waals surface area contributed by atoms with Crippen molar-refractivity contribution in [3.8, 4) is 0 Å². The molecule has 0 aromatic rings. The Morgan fingerprint density at radius 3 is 2.73 bits per heavy atom. The molecule has 0 amide bonds. The highest BCUT2D eigenvalue weighted by molar-refractivity contribution is 14.1. The zero-order chi connectivity index (χ0) is 7.84. The Bertz CT molecular complexity index is 188. The highest BCUT2D eigenvalue weighted by atomic mass is 127. The van der Waals surface area contributed by atoms with E-state index >= 15 is 0 Å². The Morgan fingerprint density at radius 2 is 2.36 bits per heavy atom. The van der Waals surface area contributed by atoms with Gasteiger partial charge in [0, 0.05) is 32.5 Å². The zero-order valence-corrected chi connectivity index (χ0v) is 8.71. The van der Waals surface area contributed by atoms with Crippen LogP contribution in [0.2, 0.25) is 0 Å². The average Bonchev–Trinajstić information content (AvgIpc) is 2.07. The SMILES string of the molecule is CN1N=C(I)CC1C1CNC1. The molecule has 2 heterocycles. The Morgan fingerprint density at radius 1 is 1.64 bits per heavy atom. The fourth-order valence-corrected chi connectivity index (χ4v) is 2.44. The lowest BCUT2D eigenvalue weighted by Crippen LogP contribution is -2.51. The molecule has 2 aliphatic heterocycles. The minimum Gasteiger partial charge on any atom is -0.316 e. The first-order chi connectivity index (χ1) is 5.27. The van der Waals surface area contributed by atoms with Crippen molar-refractivity contribution in [3.05, 3.63) is 0 Å². The van der Waals surface area contributed by atoms with Gasteiger partial charge in [0.25, 0.3) is 0 Å². The molecule has 0 spiro atoms. The highest BCUT2D eigenvalue weighted by Crippen LogP contribution is 2.25. The molecule has 0 bridgehead atoms. The topological polar surface area (TPSA) is 27.6 Å². The lowest BCUT2D eigenvalue weighted by molar-refractivity contribution is 0.160. The Kier molecular flexibility index (Phi) is 2.05. The molecule has 62 valence electrons. The van der Waals surface area contributed by atoms with Crippen LogP contribution in [0.4, 0.5) is 0 Å². The molecular formula is C7H12IN3. The van der Waals surface area contributed by atoms with E-state index in [1.807, 2.05) is 0 Å². The molecule has 2 aliphatic rings. The summed E-state index contributed by atoms with van der Waals surface area (Å²) in [4.78, 5) is 0. The fraction of sp³-hybridized carbons (Fsp3) is 0.857. The molecule has 0 aromatic carbocycles. The molecule has 0 aromatic heterocycles. The summed E-state index contributed by atoms with van der Waals surface area (Å²) in [7, 11) is 2.08. The van der Waals surface area contributed by atoms with Gasteiger partial charge in [-0.05, 0) is 22.6 Å². The van der Waals surface area contributed by atoms with Crippen molar-refractivity contribution in [2.24, 2.45) is 11.0 Å². The Labute approximate surface area is 80.4 Å². The highest BCUT2D eigenvalue weighted by Gasteiger charge is 2.33. The molecular weight excluding hydrogens is 253 g/mol. The van der Waals surface area contributed by atoms with Crippen molar-refractivity contribution in [2.75, 3.05) is 20.1 Å². The van der Waals surface area contributed by atoms with Gasteiger partial charge in [0.1, 0.15) is 3.72 Å². The molecule has 1 fully saturated rings. The maximum atomic E-state index is 4.38. The van der Waals surface area contributed by atoms with Crippen LogP contribution < -0.4 is 5.32 Å². The third-order valence-corrected chi connectivity index (χ3v) is 3.14. The maximum absolute atomic E-state index is 4.38. The summed E-state index contributed by atoms with van der Waals surface area (Å²) < 4.78 is 1.25.